The lowest BCUT2D eigenvalue weighted by molar-refractivity contribution is 0.194. The number of amides is 1. The van der Waals surface area contributed by atoms with Gasteiger partial charge < -0.3 is 15.5 Å². The number of nitrogens with one attached hydrogen (secondary N) is 1. The molecule has 2 rings (SSSR count). The van der Waals surface area contributed by atoms with E-state index in [0.717, 1.165) is 53.4 Å². The van der Waals surface area contributed by atoms with Crippen LogP contribution < -0.4 is 5.32 Å². The molecule has 5 nitrogen and oxygen atoms in total. The van der Waals surface area contributed by atoms with Gasteiger partial charge in [0.1, 0.15) is 5.75 Å². The van der Waals surface area contributed by atoms with Crippen molar-refractivity contribution in [1.82, 2.24) is 10.3 Å². The lowest BCUT2D eigenvalue weighted by atomic mass is 9.92. The Labute approximate surface area is 142 Å². The molecule has 3 N–H and O–H groups in total. The molecule has 0 aliphatic carbocycles. The molecule has 2 aromatic rings. The number of fused-ring (bicyclic) bond motifs is 1. The summed E-state index contributed by atoms with van der Waals surface area (Å²) in [5.74, 6) is 0.630. The number of unbranched alkanes of at least 4 members (excludes halogenated alkanes) is 1. The fraction of sp³-hybridized carbons (Fsp3) is 0.474. The van der Waals surface area contributed by atoms with Gasteiger partial charge in [0.15, 0.2) is 0 Å². The van der Waals surface area contributed by atoms with E-state index < -0.39 is 6.09 Å². The van der Waals surface area contributed by atoms with Crippen LogP contribution in [-0.2, 0) is 19.4 Å². The maximum Gasteiger partial charge on any atom is 0.404 e. The lowest BCUT2D eigenvalue weighted by Gasteiger charge is -2.18. The summed E-state index contributed by atoms with van der Waals surface area (Å²) in [6, 6.07) is 5.21. The molecule has 0 bridgehead atoms. The van der Waals surface area contributed by atoms with Crippen molar-refractivity contribution in [3.05, 3.63) is 35.0 Å². The summed E-state index contributed by atoms with van der Waals surface area (Å²) in [7, 11) is 0. The van der Waals surface area contributed by atoms with Gasteiger partial charge in [-0.25, -0.2) is 4.79 Å². The molecule has 1 heterocycles. The van der Waals surface area contributed by atoms with Crippen LogP contribution in [0.2, 0.25) is 0 Å². The molecule has 0 radical (unpaired) electrons. The Morgan fingerprint density at radius 3 is 2.67 bits per heavy atom. The van der Waals surface area contributed by atoms with Gasteiger partial charge >= 0.3 is 6.09 Å². The molecule has 1 amide bonds. The first-order chi connectivity index (χ1) is 11.4. The minimum atomic E-state index is -1.04. The van der Waals surface area contributed by atoms with Gasteiger partial charge in [-0.1, -0.05) is 27.2 Å². The minimum Gasteiger partial charge on any atom is -0.508 e. The van der Waals surface area contributed by atoms with Crippen LogP contribution in [0, 0.1) is 5.92 Å². The molecular weight excluding hydrogens is 304 g/mol. The van der Waals surface area contributed by atoms with Crippen molar-refractivity contribution in [3.63, 3.8) is 0 Å². The van der Waals surface area contributed by atoms with Crippen molar-refractivity contribution in [2.75, 3.05) is 0 Å². The molecule has 1 aromatic carbocycles. The monoisotopic (exact) mass is 330 g/mol. The van der Waals surface area contributed by atoms with Crippen molar-refractivity contribution in [3.8, 4) is 5.75 Å². The van der Waals surface area contributed by atoms with E-state index in [-0.39, 0.29) is 12.3 Å². The van der Waals surface area contributed by atoms with Crippen LogP contribution in [-0.4, -0.2) is 21.3 Å². The van der Waals surface area contributed by atoms with E-state index in [2.05, 4.69) is 26.1 Å². The summed E-state index contributed by atoms with van der Waals surface area (Å²) in [6.07, 6.45) is 2.67. The zero-order valence-electron chi connectivity index (χ0n) is 14.6. The molecule has 0 atom stereocenters. The van der Waals surface area contributed by atoms with Crippen molar-refractivity contribution in [2.45, 2.75) is 53.0 Å². The third kappa shape index (κ3) is 4.37. The largest absolute Gasteiger partial charge is 0.508 e. The van der Waals surface area contributed by atoms with Crippen LogP contribution >= 0.6 is 0 Å². The van der Waals surface area contributed by atoms with Crippen LogP contribution in [0.1, 0.15) is 50.4 Å². The van der Waals surface area contributed by atoms with E-state index in [1.54, 1.807) is 12.1 Å². The van der Waals surface area contributed by atoms with E-state index in [4.69, 9.17) is 10.1 Å². The Morgan fingerprint density at radius 2 is 2.04 bits per heavy atom. The van der Waals surface area contributed by atoms with E-state index >= 15 is 0 Å². The number of benzene rings is 1. The number of aromatic hydroxyl groups is 1. The molecule has 0 aliphatic heterocycles. The van der Waals surface area contributed by atoms with E-state index in [1.807, 2.05) is 6.07 Å². The zero-order valence-corrected chi connectivity index (χ0v) is 14.6. The van der Waals surface area contributed by atoms with E-state index in [9.17, 15) is 9.90 Å². The van der Waals surface area contributed by atoms with Gasteiger partial charge in [0.05, 0.1) is 5.52 Å². The van der Waals surface area contributed by atoms with Gasteiger partial charge in [-0.05, 0) is 54.5 Å². The molecule has 0 saturated carbocycles. The molecule has 130 valence electrons. The van der Waals surface area contributed by atoms with Gasteiger partial charge in [0.2, 0.25) is 0 Å². The van der Waals surface area contributed by atoms with E-state index in [1.165, 1.54) is 0 Å². The summed E-state index contributed by atoms with van der Waals surface area (Å²) in [6.45, 7) is 6.63. The van der Waals surface area contributed by atoms with Gasteiger partial charge in [0, 0.05) is 17.6 Å². The molecule has 1 aromatic heterocycles. The van der Waals surface area contributed by atoms with Crippen molar-refractivity contribution in [2.24, 2.45) is 5.92 Å². The molecule has 0 saturated heterocycles. The highest BCUT2D eigenvalue weighted by atomic mass is 16.4. The Balaban J connectivity index is 2.64. The smallest absolute Gasteiger partial charge is 0.404 e. The number of hydrogen-bond donors (Lipinski definition) is 3. The molecule has 0 aliphatic rings. The standard InChI is InChI=1S/C19H26N2O3/c1-4-5-6-14-15-10-13(22)7-8-17(15)21-18(9-12(2)3)16(14)11-20-19(23)24/h7-8,10,12,20,22H,4-6,9,11H2,1-3H3,(H,23,24). The Bertz CT molecular complexity index is 726. The Kier molecular flexibility index (Phi) is 6.01. The predicted molar refractivity (Wildman–Crippen MR) is 95.4 cm³/mol. The lowest BCUT2D eigenvalue weighted by Crippen LogP contribution is -2.23. The van der Waals surface area contributed by atoms with Crippen LogP contribution in [0.3, 0.4) is 0 Å². The summed E-state index contributed by atoms with van der Waals surface area (Å²) in [5, 5.41) is 22.3. The number of aryl methyl sites for hydroxylation is 1. The second-order valence-corrected chi connectivity index (χ2v) is 6.58. The summed E-state index contributed by atoms with van der Waals surface area (Å²) >= 11 is 0. The average molecular weight is 330 g/mol. The average Bonchev–Trinajstić information content (AvgIpc) is 2.51. The molecule has 0 spiro atoms. The maximum absolute atomic E-state index is 11.0. The SMILES string of the molecule is CCCCc1c(CNC(=O)O)c(CC(C)C)nc2ccc(O)cc12. The van der Waals surface area contributed by atoms with Crippen LogP contribution in [0.15, 0.2) is 18.2 Å². The Hall–Kier alpha value is -2.30. The number of nitrogens with zero attached hydrogens (tertiary/aromatic N) is 1. The first-order valence-electron chi connectivity index (χ1n) is 8.52. The Morgan fingerprint density at radius 1 is 1.29 bits per heavy atom. The summed E-state index contributed by atoms with van der Waals surface area (Å²) in [5.41, 5.74) is 3.86. The quantitative estimate of drug-likeness (QED) is 0.709. The second kappa shape index (κ2) is 7.99. The third-order valence-corrected chi connectivity index (χ3v) is 4.07. The maximum atomic E-state index is 11.0. The van der Waals surface area contributed by atoms with Crippen LogP contribution in [0.25, 0.3) is 10.9 Å². The highest BCUT2D eigenvalue weighted by molar-refractivity contribution is 5.85. The molecular formula is C19H26N2O3. The molecule has 0 unspecified atom stereocenters. The zero-order chi connectivity index (χ0) is 17.7. The fourth-order valence-corrected chi connectivity index (χ4v) is 2.98. The van der Waals surface area contributed by atoms with Gasteiger partial charge in [-0.15, -0.1) is 0 Å². The molecule has 0 fully saturated rings. The van der Waals surface area contributed by atoms with Crippen LogP contribution in [0.4, 0.5) is 4.79 Å². The highest BCUT2D eigenvalue weighted by Crippen LogP contribution is 2.29. The predicted octanol–water partition coefficient (Wildman–Crippen LogP) is 4.25. The van der Waals surface area contributed by atoms with E-state index in [0.29, 0.717) is 5.92 Å². The van der Waals surface area contributed by atoms with Crippen LogP contribution in [0.5, 0.6) is 5.75 Å². The number of aromatic nitrogens is 1. The summed E-state index contributed by atoms with van der Waals surface area (Å²) in [4.78, 5) is 15.7. The number of phenolic OH excluding ortho intramolecular Hbond substituents is 1. The topological polar surface area (TPSA) is 82.5 Å². The van der Waals surface area contributed by atoms with Gasteiger partial charge in [0.25, 0.3) is 0 Å². The number of pyridine rings is 1. The second-order valence-electron chi connectivity index (χ2n) is 6.58. The number of hydrogen-bond acceptors (Lipinski definition) is 3. The number of rotatable bonds is 7. The fourth-order valence-electron chi connectivity index (χ4n) is 2.98. The summed E-state index contributed by atoms with van der Waals surface area (Å²) < 4.78 is 0. The van der Waals surface area contributed by atoms with Crippen molar-refractivity contribution < 1.29 is 15.0 Å². The van der Waals surface area contributed by atoms with Gasteiger partial charge in [-0.3, -0.25) is 4.98 Å². The molecule has 24 heavy (non-hydrogen) atoms. The number of phenols is 1. The first kappa shape index (κ1) is 18.0. The van der Waals surface area contributed by atoms with Gasteiger partial charge in [-0.2, -0.15) is 0 Å². The number of carboxylic acid groups (broad SMARTS) is 1. The first-order valence-corrected chi connectivity index (χ1v) is 8.52. The third-order valence-electron chi connectivity index (χ3n) is 4.07. The normalized spacial score (nSPS) is 11.2. The van der Waals surface area contributed by atoms with Crippen molar-refractivity contribution in [1.29, 1.82) is 0 Å². The minimum absolute atomic E-state index is 0.204. The van der Waals surface area contributed by atoms with Crippen molar-refractivity contribution >= 4 is 17.0 Å². The molecule has 5 heteroatoms. The number of carbonyl (C=O) groups is 1. The highest BCUT2D eigenvalue weighted by Gasteiger charge is 2.17.